The second kappa shape index (κ2) is 2.80. The molecule has 1 unspecified atom stereocenters. The number of nitrogens with one attached hydrogen (secondary N) is 1. The summed E-state index contributed by atoms with van der Waals surface area (Å²) in [6.45, 7) is 3.93. The first-order chi connectivity index (χ1) is 4.20. The van der Waals surface area contributed by atoms with Gasteiger partial charge in [-0.15, -0.1) is 0 Å². The van der Waals surface area contributed by atoms with Crippen LogP contribution in [0.1, 0.15) is 26.7 Å². The standard InChI is InChI=1S/C6H13NOS/c1-5(2)9(8)7-6-3-4-6/h5-7H,3-4H2,1-2H3. The molecule has 1 rings (SSSR count). The molecule has 0 aromatic rings. The van der Waals surface area contributed by atoms with Gasteiger partial charge in [-0.25, -0.2) is 8.93 Å². The van der Waals surface area contributed by atoms with Gasteiger partial charge in [0.05, 0.1) is 11.0 Å². The topological polar surface area (TPSA) is 29.1 Å². The lowest BCUT2D eigenvalue weighted by Crippen LogP contribution is -2.25. The minimum absolute atomic E-state index is 0.255. The van der Waals surface area contributed by atoms with Gasteiger partial charge >= 0.3 is 0 Å². The summed E-state index contributed by atoms with van der Waals surface area (Å²) < 4.78 is 14.0. The van der Waals surface area contributed by atoms with Gasteiger partial charge < -0.3 is 0 Å². The number of hydrogen-bond acceptors (Lipinski definition) is 1. The average molecular weight is 147 g/mol. The third-order valence-electron chi connectivity index (χ3n) is 1.29. The zero-order chi connectivity index (χ0) is 6.85. The van der Waals surface area contributed by atoms with Gasteiger partial charge in [0.1, 0.15) is 0 Å². The molecular weight excluding hydrogens is 134 g/mol. The minimum Gasteiger partial charge on any atom is -0.243 e. The van der Waals surface area contributed by atoms with E-state index in [2.05, 4.69) is 4.72 Å². The highest BCUT2D eigenvalue weighted by Gasteiger charge is 2.23. The minimum atomic E-state index is -0.789. The van der Waals surface area contributed by atoms with E-state index in [0.717, 1.165) is 0 Å². The molecule has 1 aliphatic carbocycles. The van der Waals surface area contributed by atoms with Crippen molar-refractivity contribution in [2.75, 3.05) is 0 Å². The lowest BCUT2D eigenvalue weighted by atomic mass is 10.6. The van der Waals surface area contributed by atoms with Crippen molar-refractivity contribution in [1.29, 1.82) is 0 Å². The predicted molar refractivity (Wildman–Crippen MR) is 39.4 cm³/mol. The molecule has 0 aromatic carbocycles. The SMILES string of the molecule is CC(C)S(=O)NC1CC1. The summed E-state index contributed by atoms with van der Waals surface area (Å²) in [7, 11) is -0.789. The molecule has 1 aliphatic rings. The number of rotatable bonds is 3. The molecule has 0 heterocycles. The van der Waals surface area contributed by atoms with Crippen LogP contribution in [0.25, 0.3) is 0 Å². The van der Waals surface area contributed by atoms with E-state index in [4.69, 9.17) is 0 Å². The first kappa shape index (κ1) is 7.22. The largest absolute Gasteiger partial charge is 0.243 e. The van der Waals surface area contributed by atoms with Gasteiger partial charge in [-0.05, 0) is 26.7 Å². The Hall–Kier alpha value is 0.110. The third kappa shape index (κ3) is 2.45. The third-order valence-corrected chi connectivity index (χ3v) is 2.71. The predicted octanol–water partition coefficient (Wildman–Crippen LogP) is 0.810. The first-order valence-corrected chi connectivity index (χ1v) is 4.58. The Morgan fingerprint density at radius 3 is 2.44 bits per heavy atom. The van der Waals surface area contributed by atoms with Crippen molar-refractivity contribution in [3.8, 4) is 0 Å². The Kier molecular flexibility index (Phi) is 2.24. The maximum Gasteiger partial charge on any atom is 0.0943 e. The van der Waals surface area contributed by atoms with Crippen molar-refractivity contribution in [2.45, 2.75) is 38.0 Å². The van der Waals surface area contributed by atoms with Crippen LogP contribution in [-0.4, -0.2) is 15.5 Å². The van der Waals surface area contributed by atoms with Crippen LogP contribution in [0.15, 0.2) is 0 Å². The van der Waals surface area contributed by atoms with Crippen molar-refractivity contribution in [3.63, 3.8) is 0 Å². The summed E-state index contributed by atoms with van der Waals surface area (Å²) in [6.07, 6.45) is 2.41. The molecule has 1 N–H and O–H groups in total. The lowest BCUT2D eigenvalue weighted by Gasteiger charge is -2.04. The van der Waals surface area contributed by atoms with Crippen LogP contribution in [-0.2, 0) is 11.0 Å². The van der Waals surface area contributed by atoms with E-state index in [9.17, 15) is 4.21 Å². The Balaban J connectivity index is 2.17. The fraction of sp³-hybridized carbons (Fsp3) is 1.00. The Morgan fingerprint density at radius 2 is 2.11 bits per heavy atom. The van der Waals surface area contributed by atoms with Crippen LogP contribution in [0.4, 0.5) is 0 Å². The van der Waals surface area contributed by atoms with Crippen LogP contribution >= 0.6 is 0 Å². The number of hydrogen-bond donors (Lipinski definition) is 1. The van der Waals surface area contributed by atoms with Crippen molar-refractivity contribution < 1.29 is 4.21 Å². The van der Waals surface area contributed by atoms with Crippen molar-refractivity contribution in [3.05, 3.63) is 0 Å². The summed E-state index contributed by atoms with van der Waals surface area (Å²) >= 11 is 0. The summed E-state index contributed by atoms with van der Waals surface area (Å²) in [5.74, 6) is 0. The van der Waals surface area contributed by atoms with E-state index in [1.54, 1.807) is 0 Å². The molecule has 54 valence electrons. The molecule has 0 saturated heterocycles. The summed E-state index contributed by atoms with van der Waals surface area (Å²) in [4.78, 5) is 0. The zero-order valence-electron chi connectivity index (χ0n) is 5.89. The highest BCUT2D eigenvalue weighted by atomic mass is 32.2. The van der Waals surface area contributed by atoms with Crippen LogP contribution in [0.3, 0.4) is 0 Å². The monoisotopic (exact) mass is 147 g/mol. The van der Waals surface area contributed by atoms with Crippen LogP contribution in [0.2, 0.25) is 0 Å². The van der Waals surface area contributed by atoms with E-state index in [-0.39, 0.29) is 5.25 Å². The maximum atomic E-state index is 11.0. The van der Waals surface area contributed by atoms with Gasteiger partial charge in [-0.3, -0.25) is 0 Å². The van der Waals surface area contributed by atoms with Gasteiger partial charge in [0.15, 0.2) is 0 Å². The molecule has 1 saturated carbocycles. The molecule has 0 spiro atoms. The van der Waals surface area contributed by atoms with Gasteiger partial charge in [0.25, 0.3) is 0 Å². The summed E-state index contributed by atoms with van der Waals surface area (Å²) in [5, 5.41) is 0.255. The molecule has 9 heavy (non-hydrogen) atoms. The molecule has 0 aromatic heterocycles. The molecule has 1 fully saturated rings. The van der Waals surface area contributed by atoms with Crippen molar-refractivity contribution in [1.82, 2.24) is 4.72 Å². The molecule has 0 bridgehead atoms. The van der Waals surface area contributed by atoms with Crippen LogP contribution in [0, 0.1) is 0 Å². The van der Waals surface area contributed by atoms with E-state index in [1.165, 1.54) is 12.8 Å². The average Bonchev–Trinajstić information content (AvgIpc) is 2.50. The van der Waals surface area contributed by atoms with Gasteiger partial charge in [-0.1, -0.05) is 0 Å². The molecule has 0 radical (unpaired) electrons. The Morgan fingerprint density at radius 1 is 1.56 bits per heavy atom. The highest BCUT2D eigenvalue weighted by Crippen LogP contribution is 2.19. The fourth-order valence-corrected chi connectivity index (χ4v) is 1.34. The van der Waals surface area contributed by atoms with E-state index in [1.807, 2.05) is 13.8 Å². The summed E-state index contributed by atoms with van der Waals surface area (Å²) in [6, 6.07) is 0.563. The smallest absolute Gasteiger partial charge is 0.0943 e. The lowest BCUT2D eigenvalue weighted by molar-refractivity contribution is 0.664. The van der Waals surface area contributed by atoms with Gasteiger partial charge in [0, 0.05) is 11.3 Å². The zero-order valence-corrected chi connectivity index (χ0v) is 6.70. The Bertz CT molecular complexity index is 120. The first-order valence-electron chi connectivity index (χ1n) is 3.37. The van der Waals surface area contributed by atoms with Crippen molar-refractivity contribution >= 4 is 11.0 Å². The summed E-state index contributed by atoms with van der Waals surface area (Å²) in [5.41, 5.74) is 0. The Labute approximate surface area is 58.6 Å². The molecule has 1 atom stereocenters. The second-order valence-corrected chi connectivity index (χ2v) is 4.51. The van der Waals surface area contributed by atoms with Gasteiger partial charge in [-0.2, -0.15) is 0 Å². The van der Waals surface area contributed by atoms with Crippen LogP contribution in [0.5, 0.6) is 0 Å². The van der Waals surface area contributed by atoms with E-state index >= 15 is 0 Å². The van der Waals surface area contributed by atoms with Crippen molar-refractivity contribution in [2.24, 2.45) is 0 Å². The highest BCUT2D eigenvalue weighted by molar-refractivity contribution is 7.83. The maximum absolute atomic E-state index is 11.0. The van der Waals surface area contributed by atoms with E-state index in [0.29, 0.717) is 6.04 Å². The second-order valence-electron chi connectivity index (χ2n) is 2.74. The quantitative estimate of drug-likeness (QED) is 0.629. The van der Waals surface area contributed by atoms with E-state index < -0.39 is 11.0 Å². The molecule has 2 nitrogen and oxygen atoms in total. The molecule has 0 aliphatic heterocycles. The van der Waals surface area contributed by atoms with Crippen LogP contribution < -0.4 is 4.72 Å². The normalized spacial score (nSPS) is 22.6. The fourth-order valence-electron chi connectivity index (χ4n) is 0.502. The molecule has 3 heteroatoms. The molecular formula is C6H13NOS. The molecule has 0 amide bonds. The van der Waals surface area contributed by atoms with Gasteiger partial charge in [0.2, 0.25) is 0 Å².